The Morgan fingerprint density at radius 3 is 2.57 bits per heavy atom. The summed E-state index contributed by atoms with van der Waals surface area (Å²) in [7, 11) is -2.41. The maximum Gasteiger partial charge on any atom is 0.243 e. The molecule has 0 saturated heterocycles. The highest BCUT2D eigenvalue weighted by Gasteiger charge is 2.45. The highest BCUT2D eigenvalue weighted by molar-refractivity contribution is 7.91. The third-order valence-electron chi connectivity index (χ3n) is 5.96. The molecule has 1 saturated carbocycles. The normalized spacial score (nSPS) is 24.4. The number of aliphatic hydroxyl groups excluding tert-OH is 1. The van der Waals surface area contributed by atoms with Crippen molar-refractivity contribution >= 4 is 10.0 Å². The van der Waals surface area contributed by atoms with Gasteiger partial charge < -0.3 is 15.6 Å². The number of rotatable bonds is 10. The van der Waals surface area contributed by atoms with Gasteiger partial charge in [-0.05, 0) is 49.8 Å². The van der Waals surface area contributed by atoms with Crippen LogP contribution in [0.3, 0.4) is 0 Å². The summed E-state index contributed by atoms with van der Waals surface area (Å²) >= 11 is 0. The molecule has 0 aliphatic heterocycles. The number of nitrogens with two attached hydrogens (primary N) is 1. The molecule has 0 heterocycles. The first-order valence-electron chi connectivity index (χ1n) is 10.4. The molecule has 1 aromatic carbocycles. The molecule has 1 unspecified atom stereocenters. The lowest BCUT2D eigenvalue weighted by molar-refractivity contribution is 0.0205. The maximum absolute atomic E-state index is 13.3. The Morgan fingerprint density at radius 2 is 1.97 bits per heavy atom. The summed E-state index contributed by atoms with van der Waals surface area (Å²) in [5.74, 6) is 0.584. The van der Waals surface area contributed by atoms with Crippen LogP contribution in [0.15, 0.2) is 54.3 Å². The lowest BCUT2D eigenvalue weighted by Crippen LogP contribution is -2.51. The van der Waals surface area contributed by atoms with Gasteiger partial charge in [0.25, 0.3) is 0 Å². The van der Waals surface area contributed by atoms with E-state index in [1.54, 1.807) is 18.2 Å². The van der Waals surface area contributed by atoms with E-state index in [0.29, 0.717) is 12.2 Å². The Morgan fingerprint density at radius 1 is 1.27 bits per heavy atom. The van der Waals surface area contributed by atoms with E-state index in [1.165, 1.54) is 7.11 Å². The molecule has 7 nitrogen and oxygen atoms in total. The summed E-state index contributed by atoms with van der Waals surface area (Å²) in [6.07, 6.45) is 8.08. The van der Waals surface area contributed by atoms with Crippen molar-refractivity contribution in [3.8, 4) is 0 Å². The molecule has 0 spiro atoms. The molecule has 3 atom stereocenters. The van der Waals surface area contributed by atoms with Crippen molar-refractivity contribution < 1.29 is 23.1 Å². The number of ether oxygens (including phenoxy) is 1. The molecule has 0 amide bonds. The van der Waals surface area contributed by atoms with E-state index in [-0.39, 0.29) is 18.9 Å². The molecule has 0 bridgehead atoms. The zero-order valence-electron chi connectivity index (χ0n) is 17.4. The molecular weight excluding hydrogens is 404 g/mol. The number of allylic oxidation sites excluding steroid dienone is 2. The van der Waals surface area contributed by atoms with Crippen molar-refractivity contribution in [3.05, 3.63) is 59.9 Å². The van der Waals surface area contributed by atoms with Crippen LogP contribution in [0.25, 0.3) is 0 Å². The van der Waals surface area contributed by atoms with E-state index in [4.69, 9.17) is 15.3 Å². The summed E-state index contributed by atoms with van der Waals surface area (Å²) in [5.41, 5.74) is 7.23. The van der Waals surface area contributed by atoms with Crippen LogP contribution < -0.4 is 10.6 Å². The second-order valence-corrected chi connectivity index (χ2v) is 10.1. The number of hydrogen-bond donors (Lipinski definition) is 3. The van der Waals surface area contributed by atoms with Crippen molar-refractivity contribution in [1.29, 1.82) is 0 Å². The summed E-state index contributed by atoms with van der Waals surface area (Å²) in [4.78, 5) is 7.84. The van der Waals surface area contributed by atoms with Gasteiger partial charge in [-0.15, -0.1) is 0 Å². The topological polar surface area (TPSA) is 111 Å². The summed E-state index contributed by atoms with van der Waals surface area (Å²) in [6.45, 7) is 0. The van der Waals surface area contributed by atoms with Gasteiger partial charge in [0.05, 0.1) is 19.3 Å². The maximum atomic E-state index is 13.3. The summed E-state index contributed by atoms with van der Waals surface area (Å²) in [5, 5.41) is 10.8. The first-order valence-corrected chi connectivity index (χ1v) is 11.9. The molecule has 166 valence electrons. The van der Waals surface area contributed by atoms with E-state index < -0.39 is 26.9 Å². The monoisotopic (exact) mass is 436 g/mol. The van der Waals surface area contributed by atoms with Crippen LogP contribution in [0.4, 0.5) is 0 Å². The Balaban J connectivity index is 1.74. The summed E-state index contributed by atoms with van der Waals surface area (Å²) < 4.78 is 30.4. The molecule has 1 aromatic rings. The molecule has 3 rings (SSSR count). The first kappa shape index (κ1) is 23.0. The van der Waals surface area contributed by atoms with E-state index in [1.807, 2.05) is 30.3 Å². The minimum atomic E-state index is -3.94. The smallest absolute Gasteiger partial charge is 0.243 e. The quantitative estimate of drug-likeness (QED) is 0.486. The molecule has 2 aliphatic rings. The van der Waals surface area contributed by atoms with Crippen LogP contribution in [0.1, 0.15) is 44.1 Å². The van der Waals surface area contributed by atoms with Gasteiger partial charge in [0.1, 0.15) is 10.5 Å². The Labute approximate surface area is 179 Å². The van der Waals surface area contributed by atoms with Gasteiger partial charge in [-0.25, -0.2) is 8.42 Å². The minimum Gasteiger partial charge on any atom is -0.497 e. The third-order valence-corrected chi connectivity index (χ3v) is 7.82. The van der Waals surface area contributed by atoms with Gasteiger partial charge in [0.2, 0.25) is 10.0 Å². The van der Waals surface area contributed by atoms with Gasteiger partial charge in [-0.3, -0.25) is 4.84 Å². The van der Waals surface area contributed by atoms with Crippen molar-refractivity contribution in [2.45, 2.75) is 67.9 Å². The van der Waals surface area contributed by atoms with Crippen LogP contribution in [0, 0.1) is 0 Å². The first-order chi connectivity index (χ1) is 14.4. The highest BCUT2D eigenvalue weighted by atomic mass is 32.2. The predicted molar refractivity (Wildman–Crippen MR) is 116 cm³/mol. The Kier molecular flexibility index (Phi) is 7.70. The van der Waals surface area contributed by atoms with Crippen LogP contribution in [0.2, 0.25) is 0 Å². The average molecular weight is 437 g/mol. The largest absolute Gasteiger partial charge is 0.497 e. The van der Waals surface area contributed by atoms with Crippen molar-refractivity contribution in [2.24, 2.45) is 5.73 Å². The minimum absolute atomic E-state index is 0.0473. The number of sulfonamides is 1. The molecule has 0 aromatic heterocycles. The van der Waals surface area contributed by atoms with Gasteiger partial charge in [0.15, 0.2) is 0 Å². The van der Waals surface area contributed by atoms with E-state index >= 15 is 0 Å². The zero-order valence-corrected chi connectivity index (χ0v) is 18.2. The van der Waals surface area contributed by atoms with Gasteiger partial charge in [-0.1, -0.05) is 54.1 Å². The second-order valence-electron chi connectivity index (χ2n) is 8.15. The molecule has 4 N–H and O–H groups in total. The van der Waals surface area contributed by atoms with Crippen LogP contribution >= 0.6 is 0 Å². The third kappa shape index (κ3) is 5.50. The number of benzene rings is 1. The number of aliphatic hydroxyl groups is 1. The van der Waals surface area contributed by atoms with Crippen molar-refractivity contribution in [2.75, 3.05) is 7.11 Å². The summed E-state index contributed by atoms with van der Waals surface area (Å²) in [6, 6.07) is 9.00. The van der Waals surface area contributed by atoms with Crippen molar-refractivity contribution in [3.63, 3.8) is 0 Å². The Hall–Kier alpha value is -1.71. The number of hydrogen-bond acceptors (Lipinski definition) is 6. The molecule has 1 fully saturated rings. The van der Waals surface area contributed by atoms with Gasteiger partial charge in [-0.2, -0.15) is 0 Å². The van der Waals surface area contributed by atoms with E-state index in [9.17, 15) is 13.5 Å². The van der Waals surface area contributed by atoms with Crippen LogP contribution in [-0.4, -0.2) is 43.6 Å². The molecule has 30 heavy (non-hydrogen) atoms. The number of methoxy groups -OCH3 is 1. The molecule has 0 radical (unpaired) electrons. The average Bonchev–Trinajstić information content (AvgIpc) is 3.27. The van der Waals surface area contributed by atoms with Crippen LogP contribution in [-0.2, 0) is 26.0 Å². The lowest BCUT2D eigenvalue weighted by Gasteiger charge is -2.35. The van der Waals surface area contributed by atoms with Crippen molar-refractivity contribution in [1.82, 2.24) is 4.89 Å². The fourth-order valence-corrected chi connectivity index (χ4v) is 5.37. The molecular formula is C22H32N2O5S. The molecule has 8 heteroatoms. The van der Waals surface area contributed by atoms with Gasteiger partial charge >= 0.3 is 0 Å². The zero-order chi connectivity index (χ0) is 21.6. The fourth-order valence-electron chi connectivity index (χ4n) is 4.00. The van der Waals surface area contributed by atoms with E-state index in [2.05, 4.69) is 4.89 Å². The lowest BCUT2D eigenvalue weighted by atomic mass is 9.89. The van der Waals surface area contributed by atoms with Crippen LogP contribution in [0.5, 0.6) is 0 Å². The highest BCUT2D eigenvalue weighted by Crippen LogP contribution is 2.35. The molecule has 2 aliphatic carbocycles. The fraction of sp³-hybridized carbons (Fsp3) is 0.545. The second kappa shape index (κ2) is 10.1. The van der Waals surface area contributed by atoms with E-state index in [0.717, 1.165) is 31.2 Å². The predicted octanol–water partition coefficient (Wildman–Crippen LogP) is 2.33. The standard InChI is InChI=1S/C22H32N2O5S/c1-28-18-11-13-22(14-12-18,30(26,27)24-29-19-9-5-6-10-19)16-21(25)20(23)15-17-7-3-2-4-8-17/h2-4,7-8,11-13,19-21,24-25H,5-6,9-10,14-16,23H2,1H3/t20-,21+,22?/m0/s1. The SMILES string of the molecule is COC1=CCC(C[C@@H](O)[C@@H](N)Cc2ccccc2)(S(=O)(=O)NOC2CCCC2)C=C1. The Bertz CT molecular complexity index is 850. The number of nitrogens with one attached hydrogen (secondary N) is 1. The van der Waals surface area contributed by atoms with Gasteiger partial charge in [0, 0.05) is 6.04 Å².